The Morgan fingerprint density at radius 2 is 1.86 bits per heavy atom. The van der Waals surface area contributed by atoms with E-state index < -0.39 is 5.97 Å². The first-order valence-corrected chi connectivity index (χ1v) is 10.2. The molecule has 28 heavy (non-hydrogen) atoms. The molecule has 1 N–H and O–H groups in total. The highest BCUT2D eigenvalue weighted by Gasteiger charge is 2.13. The third-order valence-corrected chi connectivity index (χ3v) is 4.74. The highest BCUT2D eigenvalue weighted by Crippen LogP contribution is 2.28. The summed E-state index contributed by atoms with van der Waals surface area (Å²) in [5, 5.41) is 2.74. The molecular weight excluding hydrogens is 378 g/mol. The number of methoxy groups -OCH3 is 1. The standard InChI is InChI=1S/C21H25NO5S/c1-3-26-19-13-17(9-10-18(19)25-2)21(24)27-14-20(23)22-11-12-28-15-16-7-5-4-6-8-16/h4-10,13H,3,11-12,14-15H2,1-2H3,(H,22,23). The van der Waals surface area contributed by atoms with E-state index in [2.05, 4.69) is 17.4 Å². The van der Waals surface area contributed by atoms with Crippen molar-refractivity contribution >= 4 is 23.6 Å². The van der Waals surface area contributed by atoms with Crippen molar-refractivity contribution in [3.63, 3.8) is 0 Å². The van der Waals surface area contributed by atoms with Gasteiger partial charge in [0.05, 0.1) is 19.3 Å². The Balaban J connectivity index is 1.69. The van der Waals surface area contributed by atoms with Crippen LogP contribution < -0.4 is 14.8 Å². The maximum atomic E-state index is 12.1. The van der Waals surface area contributed by atoms with E-state index in [9.17, 15) is 9.59 Å². The van der Waals surface area contributed by atoms with Gasteiger partial charge in [-0.05, 0) is 30.7 Å². The lowest BCUT2D eigenvalue weighted by Crippen LogP contribution is -2.30. The third kappa shape index (κ3) is 7.15. The molecule has 0 bridgehead atoms. The van der Waals surface area contributed by atoms with E-state index in [1.807, 2.05) is 25.1 Å². The van der Waals surface area contributed by atoms with Crippen LogP contribution in [0, 0.1) is 0 Å². The van der Waals surface area contributed by atoms with Gasteiger partial charge in [0.2, 0.25) is 0 Å². The van der Waals surface area contributed by atoms with Crippen molar-refractivity contribution in [1.82, 2.24) is 5.32 Å². The second-order valence-electron chi connectivity index (χ2n) is 5.76. The van der Waals surface area contributed by atoms with Crippen molar-refractivity contribution in [3.05, 3.63) is 59.7 Å². The molecule has 2 aromatic carbocycles. The lowest BCUT2D eigenvalue weighted by atomic mass is 10.2. The first-order valence-electron chi connectivity index (χ1n) is 9.00. The summed E-state index contributed by atoms with van der Waals surface area (Å²) in [7, 11) is 1.53. The topological polar surface area (TPSA) is 73.9 Å². The molecule has 7 heteroatoms. The number of hydrogen-bond acceptors (Lipinski definition) is 6. The highest BCUT2D eigenvalue weighted by atomic mass is 32.2. The maximum absolute atomic E-state index is 12.1. The molecule has 0 fully saturated rings. The zero-order chi connectivity index (χ0) is 20.2. The number of ether oxygens (including phenoxy) is 3. The van der Waals surface area contributed by atoms with Gasteiger partial charge in [0.1, 0.15) is 0 Å². The van der Waals surface area contributed by atoms with E-state index in [1.54, 1.807) is 30.0 Å². The Hall–Kier alpha value is -2.67. The Morgan fingerprint density at radius 3 is 2.57 bits per heavy atom. The lowest BCUT2D eigenvalue weighted by Gasteiger charge is -2.11. The predicted molar refractivity (Wildman–Crippen MR) is 110 cm³/mol. The molecule has 0 aliphatic rings. The predicted octanol–water partition coefficient (Wildman–Crippen LogP) is 3.30. The Labute approximate surface area is 169 Å². The van der Waals surface area contributed by atoms with Gasteiger partial charge in [-0.2, -0.15) is 11.8 Å². The van der Waals surface area contributed by atoms with Gasteiger partial charge >= 0.3 is 5.97 Å². The molecule has 6 nitrogen and oxygen atoms in total. The smallest absolute Gasteiger partial charge is 0.338 e. The van der Waals surface area contributed by atoms with Crippen LogP contribution in [0.3, 0.4) is 0 Å². The van der Waals surface area contributed by atoms with Gasteiger partial charge in [0, 0.05) is 18.1 Å². The normalized spacial score (nSPS) is 10.2. The summed E-state index contributed by atoms with van der Waals surface area (Å²) < 4.78 is 15.7. The zero-order valence-corrected chi connectivity index (χ0v) is 16.9. The molecular formula is C21H25NO5S. The minimum atomic E-state index is -0.586. The molecule has 0 aliphatic heterocycles. The fourth-order valence-electron chi connectivity index (χ4n) is 2.36. The molecule has 0 saturated heterocycles. The van der Waals surface area contributed by atoms with Crippen LogP contribution in [0.25, 0.3) is 0 Å². The summed E-state index contributed by atoms with van der Waals surface area (Å²) in [4.78, 5) is 24.0. The highest BCUT2D eigenvalue weighted by molar-refractivity contribution is 7.98. The first kappa shape index (κ1) is 21.6. The van der Waals surface area contributed by atoms with Crippen LogP contribution >= 0.6 is 11.8 Å². The number of nitrogens with one attached hydrogen (secondary N) is 1. The first-order chi connectivity index (χ1) is 13.6. The molecule has 2 aromatic rings. The summed E-state index contributed by atoms with van der Waals surface area (Å²) in [6, 6.07) is 14.9. The van der Waals surface area contributed by atoms with Crippen LogP contribution in [-0.4, -0.2) is 44.5 Å². The quantitative estimate of drug-likeness (QED) is 0.458. The van der Waals surface area contributed by atoms with Gasteiger partial charge in [-0.25, -0.2) is 4.79 Å². The maximum Gasteiger partial charge on any atom is 0.338 e. The van der Waals surface area contributed by atoms with Gasteiger partial charge in [-0.1, -0.05) is 30.3 Å². The number of amides is 1. The van der Waals surface area contributed by atoms with Crippen molar-refractivity contribution in [2.45, 2.75) is 12.7 Å². The fraction of sp³-hybridized carbons (Fsp3) is 0.333. The van der Waals surface area contributed by atoms with Crippen LogP contribution in [0.5, 0.6) is 11.5 Å². The van der Waals surface area contributed by atoms with Gasteiger partial charge in [0.25, 0.3) is 5.91 Å². The summed E-state index contributed by atoms with van der Waals surface area (Å²) in [6.07, 6.45) is 0. The molecule has 0 radical (unpaired) electrons. The fourth-order valence-corrected chi connectivity index (χ4v) is 3.18. The lowest BCUT2D eigenvalue weighted by molar-refractivity contribution is -0.124. The molecule has 0 unspecified atom stereocenters. The number of carbonyl (C=O) groups is 2. The summed E-state index contributed by atoms with van der Waals surface area (Å²) in [5.41, 5.74) is 1.55. The summed E-state index contributed by atoms with van der Waals surface area (Å²) in [5.74, 6) is 1.75. The largest absolute Gasteiger partial charge is 0.493 e. The van der Waals surface area contributed by atoms with E-state index in [4.69, 9.17) is 14.2 Å². The van der Waals surface area contributed by atoms with Gasteiger partial charge in [0.15, 0.2) is 18.1 Å². The number of benzene rings is 2. The molecule has 0 aromatic heterocycles. The average Bonchev–Trinajstić information content (AvgIpc) is 2.72. The Kier molecular flexibility index (Phi) is 9.21. The summed E-state index contributed by atoms with van der Waals surface area (Å²) in [6.45, 7) is 2.48. The van der Waals surface area contributed by atoms with Crippen molar-refractivity contribution in [2.24, 2.45) is 0 Å². The van der Waals surface area contributed by atoms with E-state index in [0.29, 0.717) is 30.2 Å². The van der Waals surface area contributed by atoms with Crippen LogP contribution in [-0.2, 0) is 15.3 Å². The second-order valence-corrected chi connectivity index (χ2v) is 6.87. The zero-order valence-electron chi connectivity index (χ0n) is 16.1. The summed E-state index contributed by atoms with van der Waals surface area (Å²) >= 11 is 1.73. The Bertz CT molecular complexity index is 767. The van der Waals surface area contributed by atoms with Gasteiger partial charge in [-0.3, -0.25) is 4.79 Å². The SMILES string of the molecule is CCOc1cc(C(=O)OCC(=O)NCCSCc2ccccc2)ccc1OC. The molecule has 1 amide bonds. The van der Waals surface area contributed by atoms with Crippen molar-refractivity contribution in [2.75, 3.05) is 32.6 Å². The van der Waals surface area contributed by atoms with Crippen molar-refractivity contribution < 1.29 is 23.8 Å². The molecule has 0 heterocycles. The number of hydrogen-bond donors (Lipinski definition) is 1. The van der Waals surface area contributed by atoms with Gasteiger partial charge in [-0.15, -0.1) is 0 Å². The van der Waals surface area contributed by atoms with E-state index >= 15 is 0 Å². The third-order valence-electron chi connectivity index (χ3n) is 3.71. The second kappa shape index (κ2) is 11.9. The van der Waals surface area contributed by atoms with Crippen LogP contribution in [0.15, 0.2) is 48.5 Å². The minimum Gasteiger partial charge on any atom is -0.493 e. The number of carbonyl (C=O) groups excluding carboxylic acids is 2. The number of rotatable bonds is 11. The van der Waals surface area contributed by atoms with Crippen molar-refractivity contribution in [1.29, 1.82) is 0 Å². The monoisotopic (exact) mass is 403 g/mol. The molecule has 0 saturated carbocycles. The van der Waals surface area contributed by atoms with Crippen LogP contribution in [0.1, 0.15) is 22.8 Å². The molecule has 0 aliphatic carbocycles. The van der Waals surface area contributed by atoms with Crippen molar-refractivity contribution in [3.8, 4) is 11.5 Å². The molecule has 0 atom stereocenters. The number of thioether (sulfide) groups is 1. The van der Waals surface area contributed by atoms with E-state index in [-0.39, 0.29) is 12.5 Å². The minimum absolute atomic E-state index is 0.301. The molecule has 2 rings (SSSR count). The van der Waals surface area contributed by atoms with E-state index in [1.165, 1.54) is 12.7 Å². The van der Waals surface area contributed by atoms with E-state index in [0.717, 1.165) is 11.5 Å². The van der Waals surface area contributed by atoms with Crippen LogP contribution in [0.2, 0.25) is 0 Å². The number of esters is 1. The molecule has 150 valence electrons. The molecule has 0 spiro atoms. The van der Waals surface area contributed by atoms with Crippen LogP contribution in [0.4, 0.5) is 0 Å². The average molecular weight is 404 g/mol. The Morgan fingerprint density at radius 1 is 1.07 bits per heavy atom. The van der Waals surface area contributed by atoms with Gasteiger partial charge < -0.3 is 19.5 Å².